The fourth-order valence-electron chi connectivity index (χ4n) is 1.05. The van der Waals surface area contributed by atoms with Gasteiger partial charge in [0.05, 0.1) is 0 Å². The van der Waals surface area contributed by atoms with Gasteiger partial charge in [0.15, 0.2) is 0 Å². The van der Waals surface area contributed by atoms with Gasteiger partial charge in [-0.2, -0.15) is 0 Å². The number of carboxylic acid groups (broad SMARTS) is 1. The minimum absolute atomic E-state index is 0.203. The molecule has 1 aromatic heterocycles. The van der Waals surface area contributed by atoms with Crippen molar-refractivity contribution < 1.29 is 19.1 Å². The molecule has 0 atom stereocenters. The summed E-state index contributed by atoms with van der Waals surface area (Å²) in [6.45, 7) is 3.27. The summed E-state index contributed by atoms with van der Waals surface area (Å²) < 4.78 is 10.3. The van der Waals surface area contributed by atoms with Gasteiger partial charge in [-0.05, 0) is 13.3 Å². The minimum Gasteiger partial charge on any atom is -0.478 e. The molecule has 0 saturated carbocycles. The summed E-state index contributed by atoms with van der Waals surface area (Å²) in [7, 11) is 0. The standard InChI is InChI=1S/C10H14N2O4/c1-2-15-7-3-4-8-11-12-9(16-8)5-6-10(13)14/h5-6H,2-4,7H2,1H3,(H,13,14)/b6-5+. The zero-order valence-corrected chi connectivity index (χ0v) is 9.05. The average molecular weight is 226 g/mol. The van der Waals surface area contributed by atoms with E-state index in [-0.39, 0.29) is 5.89 Å². The molecule has 0 aliphatic carbocycles. The van der Waals surface area contributed by atoms with Crippen LogP contribution in [0.25, 0.3) is 6.08 Å². The Bertz CT molecular complexity index is 359. The van der Waals surface area contributed by atoms with Crippen LogP contribution in [0.4, 0.5) is 0 Å². The van der Waals surface area contributed by atoms with Crippen LogP contribution in [0, 0.1) is 0 Å². The number of carbonyl (C=O) groups is 1. The van der Waals surface area contributed by atoms with Crippen molar-refractivity contribution in [2.75, 3.05) is 13.2 Å². The van der Waals surface area contributed by atoms with Gasteiger partial charge in [-0.3, -0.25) is 0 Å². The van der Waals surface area contributed by atoms with Crippen molar-refractivity contribution in [3.8, 4) is 0 Å². The molecular weight excluding hydrogens is 212 g/mol. The Labute approximate surface area is 92.9 Å². The number of rotatable bonds is 7. The summed E-state index contributed by atoms with van der Waals surface area (Å²) in [5.74, 6) is -0.352. The molecule has 1 heterocycles. The van der Waals surface area contributed by atoms with Crippen LogP contribution in [0.2, 0.25) is 0 Å². The van der Waals surface area contributed by atoms with Crippen LogP contribution in [-0.2, 0) is 16.0 Å². The van der Waals surface area contributed by atoms with Gasteiger partial charge in [-0.15, -0.1) is 10.2 Å². The molecular formula is C10H14N2O4. The van der Waals surface area contributed by atoms with Crippen LogP contribution in [-0.4, -0.2) is 34.5 Å². The number of aromatic nitrogens is 2. The van der Waals surface area contributed by atoms with Gasteiger partial charge in [-0.1, -0.05) is 0 Å². The van der Waals surface area contributed by atoms with Gasteiger partial charge >= 0.3 is 5.97 Å². The molecule has 0 fully saturated rings. The Balaban J connectivity index is 2.36. The van der Waals surface area contributed by atoms with E-state index in [2.05, 4.69) is 10.2 Å². The van der Waals surface area contributed by atoms with Crippen LogP contribution in [0.1, 0.15) is 25.1 Å². The third-order valence-corrected chi connectivity index (χ3v) is 1.73. The van der Waals surface area contributed by atoms with E-state index in [0.29, 0.717) is 25.5 Å². The van der Waals surface area contributed by atoms with Crippen molar-refractivity contribution >= 4 is 12.0 Å². The summed E-state index contributed by atoms with van der Waals surface area (Å²) in [5.41, 5.74) is 0. The summed E-state index contributed by atoms with van der Waals surface area (Å²) in [6.07, 6.45) is 3.66. The maximum Gasteiger partial charge on any atom is 0.328 e. The smallest absolute Gasteiger partial charge is 0.328 e. The fourth-order valence-corrected chi connectivity index (χ4v) is 1.05. The number of carboxylic acids is 1. The lowest BCUT2D eigenvalue weighted by molar-refractivity contribution is -0.131. The van der Waals surface area contributed by atoms with Gasteiger partial charge in [0.2, 0.25) is 11.8 Å². The molecule has 6 heteroatoms. The van der Waals surface area contributed by atoms with Crippen LogP contribution in [0.3, 0.4) is 0 Å². The van der Waals surface area contributed by atoms with Crippen molar-refractivity contribution in [3.63, 3.8) is 0 Å². The highest BCUT2D eigenvalue weighted by Crippen LogP contribution is 2.04. The van der Waals surface area contributed by atoms with E-state index in [4.69, 9.17) is 14.3 Å². The molecule has 1 N–H and O–H groups in total. The van der Waals surface area contributed by atoms with E-state index in [1.54, 1.807) is 0 Å². The first kappa shape index (κ1) is 12.4. The van der Waals surface area contributed by atoms with Gasteiger partial charge in [0, 0.05) is 31.8 Å². The quantitative estimate of drug-likeness (QED) is 0.554. The number of aliphatic carboxylic acids is 1. The number of ether oxygens (including phenoxy) is 1. The summed E-state index contributed by atoms with van der Waals surface area (Å²) in [5, 5.41) is 15.8. The van der Waals surface area contributed by atoms with E-state index in [1.165, 1.54) is 6.08 Å². The molecule has 0 bridgehead atoms. The molecule has 0 aliphatic heterocycles. The van der Waals surface area contributed by atoms with Gasteiger partial charge in [0.1, 0.15) is 0 Å². The van der Waals surface area contributed by atoms with Gasteiger partial charge < -0.3 is 14.3 Å². The molecule has 0 radical (unpaired) electrons. The second kappa shape index (κ2) is 6.73. The molecule has 1 rings (SSSR count). The monoisotopic (exact) mass is 226 g/mol. The Morgan fingerprint density at radius 3 is 3.06 bits per heavy atom. The number of hydrogen-bond donors (Lipinski definition) is 1. The molecule has 88 valence electrons. The first-order valence-electron chi connectivity index (χ1n) is 5.03. The highest BCUT2D eigenvalue weighted by Gasteiger charge is 2.03. The highest BCUT2D eigenvalue weighted by molar-refractivity contribution is 5.84. The molecule has 0 amide bonds. The molecule has 0 saturated heterocycles. The largest absolute Gasteiger partial charge is 0.478 e. The van der Waals surface area contributed by atoms with E-state index in [9.17, 15) is 4.79 Å². The predicted molar refractivity (Wildman–Crippen MR) is 55.8 cm³/mol. The highest BCUT2D eigenvalue weighted by atomic mass is 16.5. The predicted octanol–water partition coefficient (Wildman–Crippen LogP) is 1.14. The topological polar surface area (TPSA) is 85.5 Å². The van der Waals surface area contributed by atoms with Gasteiger partial charge in [0.25, 0.3) is 0 Å². The molecule has 0 unspecified atom stereocenters. The number of hydrogen-bond acceptors (Lipinski definition) is 5. The van der Waals surface area contributed by atoms with Crippen LogP contribution in [0.5, 0.6) is 0 Å². The van der Waals surface area contributed by atoms with Gasteiger partial charge in [-0.25, -0.2) is 4.79 Å². The Kier molecular flexibility index (Phi) is 5.21. The average Bonchev–Trinajstić information content (AvgIpc) is 2.70. The molecule has 1 aromatic rings. The van der Waals surface area contributed by atoms with Crippen molar-refractivity contribution in [1.29, 1.82) is 0 Å². The maximum absolute atomic E-state index is 10.2. The molecule has 6 nitrogen and oxygen atoms in total. The SMILES string of the molecule is CCOCCCc1nnc(/C=C/C(=O)O)o1. The second-order valence-electron chi connectivity index (χ2n) is 3.01. The van der Waals surface area contributed by atoms with E-state index in [0.717, 1.165) is 12.5 Å². The van der Waals surface area contributed by atoms with E-state index in [1.807, 2.05) is 6.92 Å². The number of nitrogens with zero attached hydrogens (tertiary/aromatic N) is 2. The second-order valence-corrected chi connectivity index (χ2v) is 3.01. The first-order chi connectivity index (χ1) is 7.72. The normalized spacial score (nSPS) is 11.1. The Hall–Kier alpha value is -1.69. The lowest BCUT2D eigenvalue weighted by Gasteiger charge is -1.96. The van der Waals surface area contributed by atoms with Crippen LogP contribution >= 0.6 is 0 Å². The molecule has 0 aliphatic rings. The third-order valence-electron chi connectivity index (χ3n) is 1.73. The summed E-state index contributed by atoms with van der Waals surface area (Å²) >= 11 is 0. The zero-order chi connectivity index (χ0) is 11.8. The van der Waals surface area contributed by atoms with Crippen LogP contribution < -0.4 is 0 Å². The van der Waals surface area contributed by atoms with Crippen molar-refractivity contribution in [2.45, 2.75) is 19.8 Å². The van der Waals surface area contributed by atoms with Crippen molar-refractivity contribution in [1.82, 2.24) is 10.2 Å². The first-order valence-corrected chi connectivity index (χ1v) is 5.03. The summed E-state index contributed by atoms with van der Waals surface area (Å²) in [6, 6.07) is 0. The summed E-state index contributed by atoms with van der Waals surface area (Å²) in [4.78, 5) is 10.2. The molecule has 16 heavy (non-hydrogen) atoms. The van der Waals surface area contributed by atoms with E-state index >= 15 is 0 Å². The molecule has 0 aromatic carbocycles. The third kappa shape index (κ3) is 4.70. The van der Waals surface area contributed by atoms with Crippen molar-refractivity contribution in [2.24, 2.45) is 0 Å². The Morgan fingerprint density at radius 1 is 1.56 bits per heavy atom. The Morgan fingerprint density at radius 2 is 2.38 bits per heavy atom. The van der Waals surface area contributed by atoms with E-state index < -0.39 is 5.97 Å². The van der Waals surface area contributed by atoms with Crippen molar-refractivity contribution in [3.05, 3.63) is 17.9 Å². The molecule has 0 spiro atoms. The minimum atomic E-state index is -1.05. The number of aryl methyl sites for hydroxylation is 1. The lowest BCUT2D eigenvalue weighted by atomic mass is 10.3. The maximum atomic E-state index is 10.2. The fraction of sp³-hybridized carbons (Fsp3) is 0.500. The lowest BCUT2D eigenvalue weighted by Crippen LogP contribution is -1.95. The van der Waals surface area contributed by atoms with Crippen LogP contribution in [0.15, 0.2) is 10.5 Å². The zero-order valence-electron chi connectivity index (χ0n) is 9.05.